The van der Waals surface area contributed by atoms with Crippen molar-refractivity contribution in [1.29, 1.82) is 0 Å². The molecule has 2 saturated carbocycles. The molecule has 4 rings (SSSR count). The number of halogens is 1. The summed E-state index contributed by atoms with van der Waals surface area (Å²) in [6.07, 6.45) is 5.91. The van der Waals surface area contributed by atoms with Gasteiger partial charge in [0.15, 0.2) is 0 Å². The minimum atomic E-state index is 0. The summed E-state index contributed by atoms with van der Waals surface area (Å²) in [4.78, 5) is 26.6. The Bertz CT molecular complexity index is 667. The second kappa shape index (κ2) is 7.97. The highest BCUT2D eigenvalue weighted by molar-refractivity contribution is 6.01. The molecule has 0 aromatic heterocycles. The van der Waals surface area contributed by atoms with Crippen LogP contribution in [0.1, 0.15) is 37.7 Å². The average Bonchev–Trinajstić information content (AvgIpc) is 2.90. The Hall–Kier alpha value is -1.59. The Morgan fingerprint density at radius 1 is 1.19 bits per heavy atom. The van der Waals surface area contributed by atoms with Gasteiger partial charge in [-0.05, 0) is 49.1 Å². The zero-order valence-corrected chi connectivity index (χ0v) is 15.8. The van der Waals surface area contributed by atoms with Crippen LogP contribution < -0.4 is 16.0 Å². The molecule has 3 N–H and O–H groups in total. The number of fused-ring (bicyclic) bond motifs is 3. The van der Waals surface area contributed by atoms with E-state index < -0.39 is 0 Å². The number of para-hydroxylation sites is 1. The summed E-state index contributed by atoms with van der Waals surface area (Å²) in [5.41, 5.74) is 8.38. The lowest BCUT2D eigenvalue weighted by Crippen LogP contribution is -2.49. The van der Waals surface area contributed by atoms with Gasteiger partial charge in [0.25, 0.3) is 0 Å². The molecular formula is C20H28ClN3O2. The zero-order valence-electron chi connectivity index (χ0n) is 15.0. The second-order valence-electron chi connectivity index (χ2n) is 7.84. The van der Waals surface area contributed by atoms with Gasteiger partial charge in [0.1, 0.15) is 0 Å². The Kier molecular flexibility index (Phi) is 5.88. The molecule has 2 amide bonds. The number of rotatable bonds is 4. The monoisotopic (exact) mass is 377 g/mol. The van der Waals surface area contributed by atoms with Crippen LogP contribution in [-0.4, -0.2) is 30.9 Å². The fourth-order valence-electron chi connectivity index (χ4n) is 5.00. The smallest absolute Gasteiger partial charge is 0.231 e. The molecule has 142 valence electrons. The van der Waals surface area contributed by atoms with Gasteiger partial charge in [-0.15, -0.1) is 12.4 Å². The molecule has 1 aromatic carbocycles. The van der Waals surface area contributed by atoms with Gasteiger partial charge in [-0.3, -0.25) is 9.59 Å². The van der Waals surface area contributed by atoms with Gasteiger partial charge in [-0.25, -0.2) is 0 Å². The maximum atomic E-state index is 12.6. The number of nitrogens with two attached hydrogens (primary N) is 1. The van der Waals surface area contributed by atoms with E-state index in [2.05, 4.69) is 5.32 Å². The minimum Gasteiger partial charge on any atom is -0.354 e. The van der Waals surface area contributed by atoms with Gasteiger partial charge < -0.3 is 16.0 Å². The van der Waals surface area contributed by atoms with Gasteiger partial charge >= 0.3 is 0 Å². The number of anilines is 1. The largest absolute Gasteiger partial charge is 0.354 e. The maximum absolute atomic E-state index is 12.6. The number of nitrogens with zero attached hydrogens (tertiary/aromatic N) is 1. The fourth-order valence-corrected chi connectivity index (χ4v) is 5.00. The van der Waals surface area contributed by atoms with Crippen LogP contribution in [0.15, 0.2) is 24.3 Å². The molecule has 5 nitrogen and oxygen atoms in total. The summed E-state index contributed by atoms with van der Waals surface area (Å²) in [5, 5.41) is 3.06. The molecule has 2 atom stereocenters. The van der Waals surface area contributed by atoms with E-state index in [9.17, 15) is 9.59 Å². The number of carbonyl (C=O) groups excluding carboxylic acids is 2. The highest BCUT2D eigenvalue weighted by Crippen LogP contribution is 2.41. The predicted molar refractivity (Wildman–Crippen MR) is 104 cm³/mol. The summed E-state index contributed by atoms with van der Waals surface area (Å²) in [5.74, 6) is 1.37. The first-order valence-corrected chi connectivity index (χ1v) is 9.55. The van der Waals surface area contributed by atoms with E-state index in [4.69, 9.17) is 5.73 Å². The summed E-state index contributed by atoms with van der Waals surface area (Å²) >= 11 is 0. The van der Waals surface area contributed by atoms with Crippen LogP contribution in [0.5, 0.6) is 0 Å². The SMILES string of the molecule is Cl.NC1C2CCCC1CC(C(=O)NCCN1C(=O)Cc3ccccc31)C2. The van der Waals surface area contributed by atoms with Crippen molar-refractivity contribution in [2.24, 2.45) is 23.5 Å². The van der Waals surface area contributed by atoms with Crippen molar-refractivity contribution in [1.82, 2.24) is 5.32 Å². The topological polar surface area (TPSA) is 75.4 Å². The molecule has 0 spiro atoms. The Labute approximate surface area is 161 Å². The van der Waals surface area contributed by atoms with E-state index in [1.165, 1.54) is 19.3 Å². The van der Waals surface area contributed by atoms with Gasteiger partial charge in [0.05, 0.1) is 6.42 Å². The number of amides is 2. The van der Waals surface area contributed by atoms with E-state index in [1.807, 2.05) is 24.3 Å². The molecule has 0 saturated heterocycles. The third-order valence-corrected chi connectivity index (χ3v) is 6.34. The number of carbonyl (C=O) groups is 2. The van der Waals surface area contributed by atoms with Crippen LogP contribution in [0.25, 0.3) is 0 Å². The Morgan fingerprint density at radius 2 is 1.88 bits per heavy atom. The first kappa shape index (κ1) is 19.2. The van der Waals surface area contributed by atoms with Gasteiger partial charge in [0.2, 0.25) is 11.8 Å². The fraction of sp³-hybridized carbons (Fsp3) is 0.600. The summed E-state index contributed by atoms with van der Waals surface area (Å²) < 4.78 is 0. The summed E-state index contributed by atoms with van der Waals surface area (Å²) in [6, 6.07) is 8.17. The standard InChI is InChI=1S/C20H27N3O2.ClH/c21-19-14-5-3-6-15(19)11-16(10-14)20(25)22-8-9-23-17-7-2-1-4-13(17)12-18(23)24;/h1-2,4,7,14-16,19H,3,5-6,8-12,21H2,(H,22,25);1H. The molecule has 1 heterocycles. The lowest BCUT2D eigenvalue weighted by molar-refractivity contribution is -0.128. The Morgan fingerprint density at radius 3 is 2.62 bits per heavy atom. The molecule has 2 fully saturated rings. The third-order valence-electron chi connectivity index (χ3n) is 6.34. The van der Waals surface area contributed by atoms with Crippen molar-refractivity contribution in [2.45, 2.75) is 44.6 Å². The van der Waals surface area contributed by atoms with Crippen molar-refractivity contribution in [2.75, 3.05) is 18.0 Å². The average molecular weight is 378 g/mol. The molecule has 1 aliphatic heterocycles. The maximum Gasteiger partial charge on any atom is 0.231 e. The first-order chi connectivity index (χ1) is 12.1. The first-order valence-electron chi connectivity index (χ1n) is 9.55. The van der Waals surface area contributed by atoms with Crippen LogP contribution in [0.4, 0.5) is 5.69 Å². The Balaban J connectivity index is 0.00000196. The van der Waals surface area contributed by atoms with Gasteiger partial charge in [0, 0.05) is 30.7 Å². The molecule has 2 aliphatic carbocycles. The minimum absolute atomic E-state index is 0. The highest BCUT2D eigenvalue weighted by atomic mass is 35.5. The lowest BCUT2D eigenvalue weighted by Gasteiger charge is -2.43. The molecular weight excluding hydrogens is 350 g/mol. The van der Waals surface area contributed by atoms with Gasteiger partial charge in [-0.1, -0.05) is 24.6 Å². The quantitative estimate of drug-likeness (QED) is 0.845. The third kappa shape index (κ3) is 3.60. The van der Waals surface area contributed by atoms with Crippen molar-refractivity contribution in [3.63, 3.8) is 0 Å². The second-order valence-corrected chi connectivity index (χ2v) is 7.84. The van der Waals surface area contributed by atoms with E-state index in [-0.39, 0.29) is 36.2 Å². The van der Waals surface area contributed by atoms with Crippen molar-refractivity contribution in [3.05, 3.63) is 29.8 Å². The van der Waals surface area contributed by atoms with E-state index in [1.54, 1.807) is 4.90 Å². The number of benzene rings is 1. The van der Waals surface area contributed by atoms with Crippen LogP contribution in [0.2, 0.25) is 0 Å². The summed E-state index contributed by atoms with van der Waals surface area (Å²) in [6.45, 7) is 1.05. The molecule has 6 heteroatoms. The van der Waals surface area contributed by atoms with Crippen molar-refractivity contribution >= 4 is 29.9 Å². The van der Waals surface area contributed by atoms with Crippen LogP contribution >= 0.6 is 12.4 Å². The number of hydrogen-bond donors (Lipinski definition) is 2. The number of hydrogen-bond acceptors (Lipinski definition) is 3. The van der Waals surface area contributed by atoms with E-state index in [0.29, 0.717) is 31.3 Å². The van der Waals surface area contributed by atoms with E-state index >= 15 is 0 Å². The van der Waals surface area contributed by atoms with E-state index in [0.717, 1.165) is 24.1 Å². The normalized spacial score (nSPS) is 29.7. The van der Waals surface area contributed by atoms with Crippen molar-refractivity contribution in [3.8, 4) is 0 Å². The van der Waals surface area contributed by atoms with Crippen LogP contribution in [-0.2, 0) is 16.0 Å². The number of nitrogens with one attached hydrogen (secondary N) is 1. The molecule has 3 aliphatic rings. The van der Waals surface area contributed by atoms with Crippen LogP contribution in [0, 0.1) is 17.8 Å². The molecule has 26 heavy (non-hydrogen) atoms. The highest BCUT2D eigenvalue weighted by Gasteiger charge is 2.40. The molecule has 1 aromatic rings. The van der Waals surface area contributed by atoms with Gasteiger partial charge in [-0.2, -0.15) is 0 Å². The van der Waals surface area contributed by atoms with Crippen molar-refractivity contribution < 1.29 is 9.59 Å². The molecule has 0 radical (unpaired) electrons. The lowest BCUT2D eigenvalue weighted by atomic mass is 9.65. The predicted octanol–water partition coefficient (Wildman–Crippen LogP) is 2.27. The molecule has 2 bridgehead atoms. The summed E-state index contributed by atoms with van der Waals surface area (Å²) in [7, 11) is 0. The zero-order chi connectivity index (χ0) is 17.4. The molecule has 2 unspecified atom stereocenters. The van der Waals surface area contributed by atoms with Crippen LogP contribution in [0.3, 0.4) is 0 Å².